The van der Waals surface area contributed by atoms with Crippen molar-refractivity contribution in [1.82, 2.24) is 19.5 Å². The molecule has 18 heavy (non-hydrogen) atoms. The van der Waals surface area contributed by atoms with Gasteiger partial charge in [-0.1, -0.05) is 0 Å². The first kappa shape index (κ1) is 11.2. The van der Waals surface area contributed by atoms with Crippen LogP contribution in [0, 0.1) is 6.92 Å². The summed E-state index contributed by atoms with van der Waals surface area (Å²) in [5.41, 5.74) is 8.77. The van der Waals surface area contributed by atoms with Crippen molar-refractivity contribution in [1.29, 1.82) is 0 Å². The van der Waals surface area contributed by atoms with Crippen LogP contribution in [0.4, 0.5) is 5.95 Å². The van der Waals surface area contributed by atoms with Crippen LogP contribution in [0.15, 0.2) is 23.8 Å². The summed E-state index contributed by atoms with van der Waals surface area (Å²) >= 11 is 1.61. The molecule has 0 bridgehead atoms. The fourth-order valence-corrected chi connectivity index (χ4v) is 2.75. The van der Waals surface area contributed by atoms with Gasteiger partial charge in [0.05, 0.1) is 6.04 Å². The first-order chi connectivity index (χ1) is 8.68. The quantitative estimate of drug-likeness (QED) is 0.767. The average Bonchev–Trinajstić information content (AvgIpc) is 2.96. The van der Waals surface area contributed by atoms with E-state index in [-0.39, 0.29) is 6.04 Å². The molecule has 0 saturated carbocycles. The maximum absolute atomic E-state index is 6.02. The second-order valence-corrected chi connectivity index (χ2v) is 5.11. The van der Waals surface area contributed by atoms with Gasteiger partial charge < -0.3 is 5.73 Å². The number of pyridine rings is 1. The third-order valence-electron chi connectivity index (χ3n) is 3.00. The topological polar surface area (TPSA) is 69.6 Å². The Bertz CT molecular complexity index is 686. The van der Waals surface area contributed by atoms with Gasteiger partial charge in [0.2, 0.25) is 5.95 Å². The molecule has 6 heteroatoms. The molecule has 0 aliphatic carbocycles. The molecule has 3 heterocycles. The van der Waals surface area contributed by atoms with E-state index in [1.807, 2.05) is 22.9 Å². The molecule has 0 spiro atoms. The highest BCUT2D eigenvalue weighted by Gasteiger charge is 2.18. The van der Waals surface area contributed by atoms with Gasteiger partial charge in [-0.15, -0.1) is 11.3 Å². The SMILES string of the molecule is Cc1ccnc2c1nc(N)n2C(C)c1nccs1. The summed E-state index contributed by atoms with van der Waals surface area (Å²) < 4.78 is 1.93. The highest BCUT2D eigenvalue weighted by Crippen LogP contribution is 2.28. The maximum Gasteiger partial charge on any atom is 0.203 e. The molecule has 0 amide bonds. The fourth-order valence-electron chi connectivity index (χ4n) is 2.06. The molecule has 0 aliphatic rings. The lowest BCUT2D eigenvalue weighted by molar-refractivity contribution is 0.657. The number of rotatable bonds is 2. The molecular weight excluding hydrogens is 246 g/mol. The van der Waals surface area contributed by atoms with Crippen LogP contribution in [0.1, 0.15) is 23.5 Å². The van der Waals surface area contributed by atoms with Crippen molar-refractivity contribution >= 4 is 28.4 Å². The Hall–Kier alpha value is -1.95. The standard InChI is InChI=1S/C12H13N5S/c1-7-3-4-14-10-9(7)16-12(13)17(10)8(2)11-15-5-6-18-11/h3-6,8H,1-2H3,(H2,13,16). The van der Waals surface area contributed by atoms with Gasteiger partial charge in [-0.2, -0.15) is 0 Å². The molecule has 5 nitrogen and oxygen atoms in total. The van der Waals surface area contributed by atoms with E-state index in [0.29, 0.717) is 5.95 Å². The summed E-state index contributed by atoms with van der Waals surface area (Å²) in [6, 6.07) is 1.98. The molecule has 1 atom stereocenters. The first-order valence-corrected chi connectivity index (χ1v) is 6.55. The van der Waals surface area contributed by atoms with Crippen molar-refractivity contribution in [3.63, 3.8) is 0 Å². The minimum atomic E-state index is 0.0456. The van der Waals surface area contributed by atoms with E-state index in [1.165, 1.54) is 0 Å². The molecule has 0 aromatic carbocycles. The van der Waals surface area contributed by atoms with Crippen LogP contribution < -0.4 is 5.73 Å². The van der Waals surface area contributed by atoms with Crippen molar-refractivity contribution in [3.05, 3.63) is 34.4 Å². The van der Waals surface area contributed by atoms with Crippen LogP contribution in [-0.4, -0.2) is 19.5 Å². The summed E-state index contributed by atoms with van der Waals surface area (Å²) in [6.07, 6.45) is 3.58. The Morgan fingerprint density at radius 2 is 2.17 bits per heavy atom. The summed E-state index contributed by atoms with van der Waals surface area (Å²) in [5, 5.41) is 2.96. The van der Waals surface area contributed by atoms with Gasteiger partial charge in [0.15, 0.2) is 5.65 Å². The first-order valence-electron chi connectivity index (χ1n) is 5.67. The second-order valence-electron chi connectivity index (χ2n) is 4.19. The lowest BCUT2D eigenvalue weighted by Crippen LogP contribution is -2.10. The molecule has 0 radical (unpaired) electrons. The maximum atomic E-state index is 6.02. The molecule has 2 N–H and O–H groups in total. The van der Waals surface area contributed by atoms with E-state index in [2.05, 4.69) is 21.9 Å². The zero-order chi connectivity index (χ0) is 12.7. The number of nitrogen functional groups attached to an aromatic ring is 1. The van der Waals surface area contributed by atoms with E-state index in [1.54, 1.807) is 23.7 Å². The normalized spacial score (nSPS) is 13.0. The zero-order valence-electron chi connectivity index (χ0n) is 10.2. The van der Waals surface area contributed by atoms with Gasteiger partial charge in [-0.05, 0) is 25.5 Å². The molecule has 3 rings (SSSR count). The molecular formula is C12H13N5S. The van der Waals surface area contributed by atoms with Crippen LogP contribution in [0.5, 0.6) is 0 Å². The summed E-state index contributed by atoms with van der Waals surface area (Å²) in [7, 11) is 0. The summed E-state index contributed by atoms with van der Waals surface area (Å²) in [4.78, 5) is 13.1. The predicted molar refractivity (Wildman–Crippen MR) is 72.6 cm³/mol. The number of nitrogens with two attached hydrogens (primary N) is 1. The minimum Gasteiger partial charge on any atom is -0.369 e. The van der Waals surface area contributed by atoms with E-state index >= 15 is 0 Å². The Labute approximate surface area is 108 Å². The number of aryl methyl sites for hydroxylation is 1. The van der Waals surface area contributed by atoms with Crippen molar-refractivity contribution in [3.8, 4) is 0 Å². The number of aromatic nitrogens is 4. The number of nitrogens with zero attached hydrogens (tertiary/aromatic N) is 4. The smallest absolute Gasteiger partial charge is 0.203 e. The third-order valence-corrected chi connectivity index (χ3v) is 3.95. The number of fused-ring (bicyclic) bond motifs is 1. The Kier molecular flexibility index (Phi) is 2.52. The van der Waals surface area contributed by atoms with Crippen molar-refractivity contribution < 1.29 is 0 Å². The zero-order valence-corrected chi connectivity index (χ0v) is 11.0. The lowest BCUT2D eigenvalue weighted by atomic mass is 10.2. The number of anilines is 1. The summed E-state index contributed by atoms with van der Waals surface area (Å²) in [5.74, 6) is 0.481. The van der Waals surface area contributed by atoms with Gasteiger partial charge in [0.25, 0.3) is 0 Å². The van der Waals surface area contributed by atoms with Crippen molar-refractivity contribution in [2.45, 2.75) is 19.9 Å². The number of thiazole rings is 1. The number of hydrogen-bond acceptors (Lipinski definition) is 5. The second kappa shape index (κ2) is 4.06. The van der Waals surface area contributed by atoms with E-state index in [9.17, 15) is 0 Å². The highest BCUT2D eigenvalue weighted by molar-refractivity contribution is 7.09. The van der Waals surface area contributed by atoms with Crippen molar-refractivity contribution in [2.75, 3.05) is 5.73 Å². The average molecular weight is 259 g/mol. The molecule has 3 aromatic rings. The third kappa shape index (κ3) is 1.57. The summed E-state index contributed by atoms with van der Waals surface area (Å²) in [6.45, 7) is 4.06. The highest BCUT2D eigenvalue weighted by atomic mass is 32.1. The largest absolute Gasteiger partial charge is 0.369 e. The predicted octanol–water partition coefficient (Wildman–Crippen LogP) is 2.39. The van der Waals surface area contributed by atoms with Gasteiger partial charge >= 0.3 is 0 Å². The lowest BCUT2D eigenvalue weighted by Gasteiger charge is -2.12. The molecule has 92 valence electrons. The minimum absolute atomic E-state index is 0.0456. The van der Waals surface area contributed by atoms with Crippen LogP contribution in [0.2, 0.25) is 0 Å². The molecule has 1 unspecified atom stereocenters. The van der Waals surface area contributed by atoms with E-state index in [0.717, 1.165) is 21.7 Å². The van der Waals surface area contributed by atoms with Gasteiger partial charge in [0.1, 0.15) is 10.5 Å². The van der Waals surface area contributed by atoms with Gasteiger partial charge in [-0.3, -0.25) is 4.57 Å². The van der Waals surface area contributed by atoms with Crippen LogP contribution in [-0.2, 0) is 0 Å². The van der Waals surface area contributed by atoms with Crippen LogP contribution in [0.3, 0.4) is 0 Å². The molecule has 3 aromatic heterocycles. The molecule has 0 aliphatic heterocycles. The fraction of sp³-hybridized carbons (Fsp3) is 0.250. The van der Waals surface area contributed by atoms with Gasteiger partial charge in [-0.25, -0.2) is 15.0 Å². The Morgan fingerprint density at radius 1 is 1.33 bits per heavy atom. The Balaban J connectivity index is 2.23. The number of imidazole rings is 1. The number of hydrogen-bond donors (Lipinski definition) is 1. The van der Waals surface area contributed by atoms with E-state index < -0.39 is 0 Å². The van der Waals surface area contributed by atoms with Crippen molar-refractivity contribution in [2.24, 2.45) is 0 Å². The molecule has 0 fully saturated rings. The molecule has 0 saturated heterocycles. The Morgan fingerprint density at radius 3 is 2.89 bits per heavy atom. The van der Waals surface area contributed by atoms with E-state index in [4.69, 9.17) is 5.73 Å². The monoisotopic (exact) mass is 259 g/mol. The van der Waals surface area contributed by atoms with Gasteiger partial charge in [0, 0.05) is 17.8 Å². The van der Waals surface area contributed by atoms with Crippen LogP contribution >= 0.6 is 11.3 Å². The van der Waals surface area contributed by atoms with Crippen LogP contribution in [0.25, 0.3) is 11.2 Å².